The molecule has 196 valence electrons. The molecule has 3 aromatic carbocycles. The molecular weight excluding hydrogens is 503 g/mol. The molecule has 0 saturated heterocycles. The van der Waals surface area contributed by atoms with Crippen molar-refractivity contribution >= 4 is 35.0 Å². The molecule has 0 saturated carbocycles. The fraction of sp³-hybridized carbons (Fsp3) is 0.355. The van der Waals surface area contributed by atoms with Crippen molar-refractivity contribution in [2.24, 2.45) is 0 Å². The number of benzene rings is 3. The van der Waals surface area contributed by atoms with Gasteiger partial charge in [-0.1, -0.05) is 97.7 Å². The van der Waals surface area contributed by atoms with Crippen LogP contribution in [0.15, 0.2) is 72.8 Å². The highest BCUT2D eigenvalue weighted by molar-refractivity contribution is 6.42. The molecule has 0 unspecified atom stereocenters. The molecule has 37 heavy (non-hydrogen) atoms. The van der Waals surface area contributed by atoms with Crippen molar-refractivity contribution in [2.75, 3.05) is 0 Å². The third-order valence-electron chi connectivity index (χ3n) is 6.67. The van der Waals surface area contributed by atoms with E-state index in [4.69, 9.17) is 23.2 Å². The van der Waals surface area contributed by atoms with Crippen molar-refractivity contribution in [1.82, 2.24) is 10.2 Å². The second kappa shape index (κ2) is 14.2. The van der Waals surface area contributed by atoms with Gasteiger partial charge < -0.3 is 10.2 Å². The molecule has 2 amide bonds. The Labute approximate surface area is 231 Å². The highest BCUT2D eigenvalue weighted by atomic mass is 35.5. The number of hydrogen-bond donors (Lipinski definition) is 1. The first-order valence-electron chi connectivity index (χ1n) is 13.0. The molecule has 0 heterocycles. The third-order valence-corrected chi connectivity index (χ3v) is 7.41. The van der Waals surface area contributed by atoms with Crippen LogP contribution in [-0.2, 0) is 35.4 Å². The van der Waals surface area contributed by atoms with E-state index in [1.807, 2.05) is 50.2 Å². The van der Waals surface area contributed by atoms with Gasteiger partial charge in [-0.3, -0.25) is 9.59 Å². The van der Waals surface area contributed by atoms with E-state index in [0.29, 0.717) is 29.3 Å². The molecule has 0 spiro atoms. The zero-order valence-corrected chi connectivity index (χ0v) is 23.4. The number of nitrogens with one attached hydrogen (secondary N) is 1. The van der Waals surface area contributed by atoms with Crippen LogP contribution in [0, 0.1) is 0 Å². The number of amides is 2. The summed E-state index contributed by atoms with van der Waals surface area (Å²) in [6, 6.07) is 22.8. The molecule has 1 N–H and O–H groups in total. The molecule has 2 atom stereocenters. The average molecular weight is 540 g/mol. The maximum Gasteiger partial charge on any atom is 0.243 e. The number of rotatable bonds is 12. The maximum absolute atomic E-state index is 13.8. The smallest absolute Gasteiger partial charge is 0.243 e. The zero-order valence-electron chi connectivity index (χ0n) is 21.8. The molecule has 0 aliphatic rings. The van der Waals surface area contributed by atoms with Gasteiger partial charge in [-0.15, -0.1) is 0 Å². The molecule has 0 radical (unpaired) electrons. The molecular formula is C31H36Cl2N2O2. The normalized spacial score (nSPS) is 12.6. The summed E-state index contributed by atoms with van der Waals surface area (Å²) in [7, 11) is 0. The second-order valence-electron chi connectivity index (χ2n) is 9.46. The predicted molar refractivity (Wildman–Crippen MR) is 153 cm³/mol. The van der Waals surface area contributed by atoms with Crippen molar-refractivity contribution in [3.63, 3.8) is 0 Å². The van der Waals surface area contributed by atoms with Gasteiger partial charge in [0.15, 0.2) is 0 Å². The monoisotopic (exact) mass is 538 g/mol. The second-order valence-corrected chi connectivity index (χ2v) is 10.3. The summed E-state index contributed by atoms with van der Waals surface area (Å²) in [6.45, 7) is 6.38. The third kappa shape index (κ3) is 8.62. The molecule has 0 bridgehead atoms. The maximum atomic E-state index is 13.8. The molecule has 3 rings (SSSR count). The van der Waals surface area contributed by atoms with Crippen LogP contribution in [0.5, 0.6) is 0 Å². The topological polar surface area (TPSA) is 49.4 Å². The zero-order chi connectivity index (χ0) is 26.8. The molecule has 6 heteroatoms. The number of halogens is 2. The SMILES string of the molecule is CCc1ccc(CCC(=O)N(Cc2ccc(Cl)c(Cl)c2)[C@H](Cc2ccccc2)C(=O)N[C@@H](C)CC)cc1. The van der Waals surface area contributed by atoms with Gasteiger partial charge in [0, 0.05) is 25.4 Å². The Kier molecular flexibility index (Phi) is 11.0. The summed E-state index contributed by atoms with van der Waals surface area (Å²) < 4.78 is 0. The van der Waals surface area contributed by atoms with Crippen LogP contribution in [0.25, 0.3) is 0 Å². The lowest BCUT2D eigenvalue weighted by Crippen LogP contribution is -2.52. The highest BCUT2D eigenvalue weighted by Gasteiger charge is 2.30. The van der Waals surface area contributed by atoms with E-state index in [9.17, 15) is 9.59 Å². The lowest BCUT2D eigenvalue weighted by Gasteiger charge is -2.32. The van der Waals surface area contributed by atoms with Crippen LogP contribution in [0.3, 0.4) is 0 Å². The fourth-order valence-electron chi connectivity index (χ4n) is 4.17. The lowest BCUT2D eigenvalue weighted by molar-refractivity contribution is -0.141. The molecule has 3 aromatic rings. The van der Waals surface area contributed by atoms with Gasteiger partial charge in [0.1, 0.15) is 6.04 Å². The summed E-state index contributed by atoms with van der Waals surface area (Å²) >= 11 is 12.4. The Bertz CT molecular complexity index is 1170. The van der Waals surface area contributed by atoms with Gasteiger partial charge in [0.05, 0.1) is 10.0 Å². The van der Waals surface area contributed by atoms with Crippen molar-refractivity contribution in [3.05, 3.63) is 105 Å². The summed E-state index contributed by atoms with van der Waals surface area (Å²) in [5, 5.41) is 3.97. The Hall–Kier alpha value is -2.82. The van der Waals surface area contributed by atoms with Crippen molar-refractivity contribution < 1.29 is 9.59 Å². The summed E-state index contributed by atoms with van der Waals surface area (Å²) in [5.41, 5.74) is 4.18. The largest absolute Gasteiger partial charge is 0.352 e. The molecule has 4 nitrogen and oxygen atoms in total. The molecule has 0 aliphatic heterocycles. The number of nitrogens with zero attached hydrogens (tertiary/aromatic N) is 1. The van der Waals surface area contributed by atoms with E-state index >= 15 is 0 Å². The molecule has 0 fully saturated rings. The molecule has 0 aliphatic carbocycles. The van der Waals surface area contributed by atoms with E-state index in [-0.39, 0.29) is 24.4 Å². The van der Waals surface area contributed by atoms with Crippen LogP contribution in [-0.4, -0.2) is 28.8 Å². The number of carbonyl (C=O) groups is 2. The van der Waals surface area contributed by atoms with Gasteiger partial charge in [-0.25, -0.2) is 0 Å². The highest BCUT2D eigenvalue weighted by Crippen LogP contribution is 2.25. The van der Waals surface area contributed by atoms with Crippen LogP contribution < -0.4 is 5.32 Å². The first-order valence-corrected chi connectivity index (χ1v) is 13.7. The van der Waals surface area contributed by atoms with Crippen molar-refractivity contribution in [2.45, 2.75) is 71.5 Å². The standard InChI is InChI=1S/C31H36Cl2N2O2/c1-4-22(3)34-31(37)29(20-25-9-7-6-8-10-25)35(21-26-15-17-27(32)28(33)19-26)30(36)18-16-24-13-11-23(5-2)12-14-24/h6-15,17,19,22,29H,4-5,16,18,20-21H2,1-3H3,(H,34,37)/t22-,29+/m0/s1. The number of hydrogen-bond acceptors (Lipinski definition) is 2. The van der Waals surface area contributed by atoms with E-state index in [1.165, 1.54) is 5.56 Å². The number of carbonyl (C=O) groups excluding carboxylic acids is 2. The minimum atomic E-state index is -0.666. The van der Waals surface area contributed by atoms with Crippen LogP contribution in [0.4, 0.5) is 0 Å². The summed E-state index contributed by atoms with van der Waals surface area (Å²) in [6.07, 6.45) is 3.10. The Morgan fingerprint density at radius 2 is 1.49 bits per heavy atom. The fourth-order valence-corrected chi connectivity index (χ4v) is 4.49. The van der Waals surface area contributed by atoms with E-state index in [0.717, 1.165) is 29.5 Å². The average Bonchev–Trinajstić information content (AvgIpc) is 2.91. The van der Waals surface area contributed by atoms with Crippen molar-refractivity contribution in [3.8, 4) is 0 Å². The lowest BCUT2D eigenvalue weighted by atomic mass is 10.0. The van der Waals surface area contributed by atoms with Gasteiger partial charge >= 0.3 is 0 Å². The Balaban J connectivity index is 1.91. The Morgan fingerprint density at radius 3 is 2.11 bits per heavy atom. The Morgan fingerprint density at radius 1 is 0.838 bits per heavy atom. The molecule has 0 aromatic heterocycles. The quantitative estimate of drug-likeness (QED) is 0.268. The van der Waals surface area contributed by atoms with Crippen LogP contribution >= 0.6 is 23.2 Å². The van der Waals surface area contributed by atoms with E-state index in [2.05, 4.69) is 36.5 Å². The van der Waals surface area contributed by atoms with Gasteiger partial charge in [-0.2, -0.15) is 0 Å². The summed E-state index contributed by atoms with van der Waals surface area (Å²) in [5.74, 6) is -0.232. The van der Waals surface area contributed by atoms with Gasteiger partial charge in [-0.05, 0) is 60.6 Å². The van der Waals surface area contributed by atoms with Crippen molar-refractivity contribution in [1.29, 1.82) is 0 Å². The summed E-state index contributed by atoms with van der Waals surface area (Å²) in [4.78, 5) is 29.0. The van der Waals surface area contributed by atoms with Crippen LogP contribution in [0.1, 0.15) is 55.9 Å². The first-order chi connectivity index (χ1) is 17.8. The van der Waals surface area contributed by atoms with E-state index in [1.54, 1.807) is 17.0 Å². The van der Waals surface area contributed by atoms with Crippen LogP contribution in [0.2, 0.25) is 10.0 Å². The van der Waals surface area contributed by atoms with E-state index < -0.39 is 6.04 Å². The van der Waals surface area contributed by atoms with Gasteiger partial charge in [0.25, 0.3) is 0 Å². The number of aryl methyl sites for hydroxylation is 2. The first kappa shape index (κ1) is 28.7. The van der Waals surface area contributed by atoms with Gasteiger partial charge in [0.2, 0.25) is 11.8 Å². The predicted octanol–water partition coefficient (Wildman–Crippen LogP) is 7.04. The minimum Gasteiger partial charge on any atom is -0.352 e. The minimum absolute atomic E-state index is 0.00443.